The van der Waals surface area contributed by atoms with E-state index < -0.39 is 5.97 Å². The topological polar surface area (TPSA) is 68.5 Å². The van der Waals surface area contributed by atoms with Crippen LogP contribution in [0, 0.1) is 0 Å². The fourth-order valence-corrected chi connectivity index (χ4v) is 1.30. The van der Waals surface area contributed by atoms with Gasteiger partial charge in [-0.3, -0.25) is 4.79 Å². The zero-order valence-corrected chi connectivity index (χ0v) is 7.34. The molecule has 2 rings (SSSR count). The number of ether oxygens (including phenoxy) is 1. The lowest BCUT2D eigenvalue weighted by Crippen LogP contribution is -2.37. The fraction of sp³-hybridized carbons (Fsp3) is 0.333. The number of carbonyl (C=O) groups is 1. The van der Waals surface area contributed by atoms with Crippen molar-refractivity contribution in [2.45, 2.75) is 6.04 Å². The van der Waals surface area contributed by atoms with Crippen LogP contribution in [0.5, 0.6) is 0 Å². The van der Waals surface area contributed by atoms with Gasteiger partial charge in [0.05, 0.1) is 24.8 Å². The molecule has 14 heavy (non-hydrogen) atoms. The van der Waals surface area contributed by atoms with Crippen LogP contribution in [0.15, 0.2) is 23.1 Å². The molecular weight excluding hydrogens is 186 g/mol. The Morgan fingerprint density at radius 2 is 2.21 bits per heavy atom. The largest absolute Gasteiger partial charge is 0.478 e. The average Bonchev–Trinajstić information content (AvgIpc) is 2.05. The summed E-state index contributed by atoms with van der Waals surface area (Å²) in [6.45, 7) is 0.950. The van der Waals surface area contributed by atoms with Crippen molar-refractivity contribution in [1.82, 2.24) is 4.57 Å². The Morgan fingerprint density at radius 3 is 2.71 bits per heavy atom. The minimum absolute atomic E-state index is 0.0122. The summed E-state index contributed by atoms with van der Waals surface area (Å²) in [5.41, 5.74) is -0.0696. The summed E-state index contributed by atoms with van der Waals surface area (Å²) in [6, 6.07) is 2.56. The number of hydrogen-bond acceptors (Lipinski definition) is 3. The van der Waals surface area contributed by atoms with Crippen LogP contribution in [0.3, 0.4) is 0 Å². The third-order valence-corrected chi connectivity index (χ3v) is 2.20. The smallest absolute Gasteiger partial charge is 0.337 e. The van der Waals surface area contributed by atoms with Crippen molar-refractivity contribution in [1.29, 1.82) is 0 Å². The minimum atomic E-state index is -1.03. The van der Waals surface area contributed by atoms with Crippen molar-refractivity contribution in [3.63, 3.8) is 0 Å². The molecule has 1 fully saturated rings. The van der Waals surface area contributed by atoms with Gasteiger partial charge in [-0.05, 0) is 6.07 Å². The van der Waals surface area contributed by atoms with Gasteiger partial charge in [0, 0.05) is 12.3 Å². The highest BCUT2D eigenvalue weighted by atomic mass is 16.5. The van der Waals surface area contributed by atoms with E-state index in [0.717, 1.165) is 0 Å². The molecule has 1 aromatic heterocycles. The number of rotatable bonds is 2. The van der Waals surface area contributed by atoms with Crippen molar-refractivity contribution >= 4 is 5.97 Å². The first kappa shape index (κ1) is 8.96. The number of carboxylic acid groups (broad SMARTS) is 1. The molecule has 1 saturated heterocycles. The number of nitrogens with zero attached hydrogens (tertiary/aromatic N) is 1. The van der Waals surface area contributed by atoms with E-state index in [4.69, 9.17) is 9.84 Å². The Morgan fingerprint density at radius 1 is 1.50 bits per heavy atom. The van der Waals surface area contributed by atoms with Crippen LogP contribution in [0.1, 0.15) is 16.4 Å². The second-order valence-electron chi connectivity index (χ2n) is 3.16. The van der Waals surface area contributed by atoms with Crippen LogP contribution in [-0.4, -0.2) is 28.9 Å². The van der Waals surface area contributed by atoms with Crippen LogP contribution in [-0.2, 0) is 4.74 Å². The van der Waals surface area contributed by atoms with Crippen LogP contribution in [0.2, 0.25) is 0 Å². The number of aromatic nitrogens is 1. The van der Waals surface area contributed by atoms with Crippen molar-refractivity contribution in [2.24, 2.45) is 0 Å². The molecular formula is C9H9NO4. The maximum atomic E-state index is 11.3. The standard InChI is InChI=1S/C9H9NO4/c11-8-2-1-6(9(12)13)3-10(8)7-4-14-5-7/h1-3,7H,4-5H2,(H,12,13). The normalized spacial score (nSPS) is 16.3. The lowest BCUT2D eigenvalue weighted by molar-refractivity contribution is -0.0249. The van der Waals surface area contributed by atoms with Gasteiger partial charge in [0.1, 0.15) is 0 Å². The van der Waals surface area contributed by atoms with Crippen LogP contribution < -0.4 is 5.56 Å². The Hall–Kier alpha value is -1.62. The summed E-state index contributed by atoms with van der Waals surface area (Å²) in [5, 5.41) is 8.73. The van der Waals surface area contributed by atoms with Gasteiger partial charge in [-0.25, -0.2) is 4.79 Å². The SMILES string of the molecule is O=C(O)c1ccc(=O)n(C2COC2)c1. The first-order chi connectivity index (χ1) is 6.68. The highest BCUT2D eigenvalue weighted by Crippen LogP contribution is 2.14. The molecule has 5 nitrogen and oxygen atoms in total. The quantitative estimate of drug-likeness (QED) is 0.727. The number of hydrogen-bond donors (Lipinski definition) is 1. The highest BCUT2D eigenvalue weighted by molar-refractivity contribution is 5.87. The molecule has 0 aliphatic carbocycles. The summed E-state index contributed by atoms with van der Waals surface area (Å²) in [7, 11) is 0. The maximum absolute atomic E-state index is 11.3. The third kappa shape index (κ3) is 1.42. The maximum Gasteiger partial charge on any atom is 0.337 e. The van der Waals surface area contributed by atoms with E-state index >= 15 is 0 Å². The Balaban J connectivity index is 2.41. The van der Waals surface area contributed by atoms with E-state index in [1.54, 1.807) is 0 Å². The molecule has 0 aromatic carbocycles. The van der Waals surface area contributed by atoms with Gasteiger partial charge in [0.2, 0.25) is 0 Å². The van der Waals surface area contributed by atoms with Crippen molar-refractivity contribution in [2.75, 3.05) is 13.2 Å². The Kier molecular flexibility index (Phi) is 2.09. The van der Waals surface area contributed by atoms with E-state index in [1.807, 2.05) is 0 Å². The molecule has 0 bridgehead atoms. The highest BCUT2D eigenvalue weighted by Gasteiger charge is 2.21. The lowest BCUT2D eigenvalue weighted by atomic mass is 10.2. The molecule has 0 spiro atoms. The molecule has 1 N–H and O–H groups in total. The monoisotopic (exact) mass is 195 g/mol. The predicted octanol–water partition coefficient (Wildman–Crippen LogP) is 0.118. The molecule has 0 atom stereocenters. The molecule has 1 aliphatic rings. The molecule has 0 unspecified atom stereocenters. The van der Waals surface area contributed by atoms with Gasteiger partial charge in [-0.15, -0.1) is 0 Å². The molecule has 1 aliphatic heterocycles. The molecule has 5 heteroatoms. The molecule has 2 heterocycles. The van der Waals surface area contributed by atoms with Gasteiger partial charge in [0.15, 0.2) is 0 Å². The zero-order chi connectivity index (χ0) is 10.1. The van der Waals surface area contributed by atoms with Gasteiger partial charge in [-0.2, -0.15) is 0 Å². The van der Waals surface area contributed by atoms with Crippen molar-refractivity contribution < 1.29 is 14.6 Å². The number of aromatic carboxylic acids is 1. The summed E-state index contributed by atoms with van der Waals surface area (Å²) in [4.78, 5) is 22.0. The summed E-state index contributed by atoms with van der Waals surface area (Å²) in [5.74, 6) is -1.03. The lowest BCUT2D eigenvalue weighted by Gasteiger charge is -2.27. The second kappa shape index (κ2) is 3.26. The van der Waals surface area contributed by atoms with E-state index in [-0.39, 0.29) is 17.2 Å². The molecule has 1 aromatic rings. The summed E-state index contributed by atoms with van der Waals surface area (Å²) in [6.07, 6.45) is 1.36. The first-order valence-electron chi connectivity index (χ1n) is 4.22. The zero-order valence-electron chi connectivity index (χ0n) is 7.34. The van der Waals surface area contributed by atoms with Crippen LogP contribution in [0.25, 0.3) is 0 Å². The van der Waals surface area contributed by atoms with Gasteiger partial charge < -0.3 is 14.4 Å². The van der Waals surface area contributed by atoms with Gasteiger partial charge in [0.25, 0.3) is 5.56 Å². The Bertz CT molecular complexity index is 419. The van der Waals surface area contributed by atoms with E-state index in [0.29, 0.717) is 13.2 Å². The Labute approximate surface area is 79.5 Å². The van der Waals surface area contributed by atoms with Crippen LogP contribution >= 0.6 is 0 Å². The summed E-state index contributed by atoms with van der Waals surface area (Å²) >= 11 is 0. The fourth-order valence-electron chi connectivity index (χ4n) is 1.30. The van der Waals surface area contributed by atoms with Crippen molar-refractivity contribution in [3.05, 3.63) is 34.2 Å². The second-order valence-corrected chi connectivity index (χ2v) is 3.16. The van der Waals surface area contributed by atoms with Crippen molar-refractivity contribution in [3.8, 4) is 0 Å². The molecule has 0 saturated carbocycles. The van der Waals surface area contributed by atoms with E-state index in [2.05, 4.69) is 0 Å². The van der Waals surface area contributed by atoms with Crippen LogP contribution in [0.4, 0.5) is 0 Å². The number of pyridine rings is 1. The molecule has 0 amide bonds. The van der Waals surface area contributed by atoms with Gasteiger partial charge >= 0.3 is 5.97 Å². The summed E-state index contributed by atoms with van der Waals surface area (Å²) < 4.78 is 6.35. The number of carboxylic acids is 1. The third-order valence-electron chi connectivity index (χ3n) is 2.20. The minimum Gasteiger partial charge on any atom is -0.478 e. The van der Waals surface area contributed by atoms with Gasteiger partial charge in [-0.1, -0.05) is 0 Å². The average molecular weight is 195 g/mol. The first-order valence-corrected chi connectivity index (χ1v) is 4.22. The van der Waals surface area contributed by atoms with E-state index in [9.17, 15) is 9.59 Å². The molecule has 74 valence electrons. The predicted molar refractivity (Wildman–Crippen MR) is 47.5 cm³/mol. The van der Waals surface area contributed by atoms with E-state index in [1.165, 1.54) is 22.9 Å². The molecule has 0 radical (unpaired) electrons.